The summed E-state index contributed by atoms with van der Waals surface area (Å²) in [5.41, 5.74) is 2.46. The molecule has 0 saturated carbocycles. The number of carbonyl (C=O) groups is 4. The van der Waals surface area contributed by atoms with Crippen LogP contribution in [0.3, 0.4) is 0 Å². The van der Waals surface area contributed by atoms with Crippen molar-refractivity contribution in [2.45, 2.75) is 78.4 Å². The molecule has 1 aromatic rings. The van der Waals surface area contributed by atoms with Crippen LogP contribution in [0.25, 0.3) is 0 Å². The quantitative estimate of drug-likeness (QED) is 0.161. The molecule has 0 fully saturated rings. The Kier molecular flexibility index (Phi) is 12.8. The first-order chi connectivity index (χ1) is 18.1. The third-order valence-corrected chi connectivity index (χ3v) is 5.04. The van der Waals surface area contributed by atoms with Crippen LogP contribution >= 0.6 is 0 Å². The van der Waals surface area contributed by atoms with Crippen LogP contribution in [0, 0.1) is 26.1 Å². The number of benzene rings is 1. The zero-order valence-electron chi connectivity index (χ0n) is 22.7. The topological polar surface area (TPSA) is 212 Å². The predicted molar refractivity (Wildman–Crippen MR) is 139 cm³/mol. The van der Waals surface area contributed by atoms with E-state index in [1.54, 1.807) is 20.8 Å². The number of nitrogens with zero attached hydrogens (tertiary/aromatic N) is 2. The number of hydrogen-bond donors (Lipinski definition) is 4. The fourth-order valence-electron chi connectivity index (χ4n) is 3.30. The summed E-state index contributed by atoms with van der Waals surface area (Å²) in [5.74, 6) is -1.79. The second-order valence-electron chi connectivity index (χ2n) is 10.1. The van der Waals surface area contributed by atoms with Crippen LogP contribution in [-0.4, -0.2) is 51.8 Å². The van der Waals surface area contributed by atoms with Crippen LogP contribution in [0.2, 0.25) is 0 Å². The van der Waals surface area contributed by atoms with Crippen molar-refractivity contribution in [2.24, 2.45) is 5.92 Å². The summed E-state index contributed by atoms with van der Waals surface area (Å²) in [6, 6.07) is 1.79. The molecular formula is C24H36N6O9. The third kappa shape index (κ3) is 12.7. The monoisotopic (exact) mass is 552 g/mol. The van der Waals surface area contributed by atoms with Crippen molar-refractivity contribution in [2.75, 3.05) is 6.54 Å². The number of carbonyl (C=O) groups excluding carboxylic acids is 4. The summed E-state index contributed by atoms with van der Waals surface area (Å²) in [5, 5.41) is 27.0. The van der Waals surface area contributed by atoms with Gasteiger partial charge in [0.2, 0.25) is 5.91 Å². The summed E-state index contributed by atoms with van der Waals surface area (Å²) < 4.78 is 5.18. The highest BCUT2D eigenvalue weighted by Gasteiger charge is 2.26. The van der Waals surface area contributed by atoms with E-state index >= 15 is 0 Å². The molecule has 0 aromatic heterocycles. The van der Waals surface area contributed by atoms with E-state index in [1.807, 2.05) is 13.8 Å². The van der Waals surface area contributed by atoms with Gasteiger partial charge in [-0.25, -0.2) is 4.79 Å². The van der Waals surface area contributed by atoms with E-state index in [4.69, 9.17) is 4.74 Å². The molecule has 39 heavy (non-hydrogen) atoms. The van der Waals surface area contributed by atoms with Crippen molar-refractivity contribution < 1.29 is 33.8 Å². The average molecular weight is 553 g/mol. The van der Waals surface area contributed by atoms with E-state index in [9.17, 15) is 39.4 Å². The van der Waals surface area contributed by atoms with Gasteiger partial charge in [0.25, 0.3) is 23.2 Å². The van der Waals surface area contributed by atoms with Gasteiger partial charge in [-0.15, -0.1) is 0 Å². The predicted octanol–water partition coefficient (Wildman–Crippen LogP) is 2.88. The van der Waals surface area contributed by atoms with Gasteiger partial charge >= 0.3 is 6.09 Å². The molecule has 0 heterocycles. The molecule has 0 aliphatic carbocycles. The first kappa shape index (κ1) is 32.7. The number of nitrogens with one attached hydrogen (secondary N) is 4. The summed E-state index contributed by atoms with van der Waals surface area (Å²) in [7, 11) is 0. The number of unbranched alkanes of at least 4 members (excludes halogenated alkanes) is 2. The lowest BCUT2D eigenvalue weighted by molar-refractivity contribution is -0.389. The van der Waals surface area contributed by atoms with E-state index < -0.39 is 62.2 Å². The number of nitro groups is 2. The molecule has 0 aliphatic heterocycles. The Bertz CT molecular complexity index is 1070. The van der Waals surface area contributed by atoms with Crippen LogP contribution < -0.4 is 21.5 Å². The minimum atomic E-state index is -0.911. The van der Waals surface area contributed by atoms with Crippen molar-refractivity contribution >= 4 is 35.2 Å². The van der Waals surface area contributed by atoms with Gasteiger partial charge in [0.1, 0.15) is 17.2 Å². The maximum absolute atomic E-state index is 12.5. The maximum atomic E-state index is 12.5. The minimum absolute atomic E-state index is 0.0684. The van der Waals surface area contributed by atoms with Gasteiger partial charge in [-0.1, -0.05) is 20.3 Å². The van der Waals surface area contributed by atoms with Crippen LogP contribution in [0.1, 0.15) is 77.1 Å². The Morgan fingerprint density at radius 3 is 2.21 bits per heavy atom. The lowest BCUT2D eigenvalue weighted by Gasteiger charge is -2.24. The summed E-state index contributed by atoms with van der Waals surface area (Å²) >= 11 is 0. The number of rotatable bonds is 13. The second-order valence-corrected chi connectivity index (χ2v) is 10.1. The van der Waals surface area contributed by atoms with Gasteiger partial charge in [-0.3, -0.25) is 45.5 Å². The van der Waals surface area contributed by atoms with Gasteiger partial charge in [-0.2, -0.15) is 0 Å². The molecule has 216 valence electrons. The van der Waals surface area contributed by atoms with Crippen molar-refractivity contribution in [3.63, 3.8) is 0 Å². The van der Waals surface area contributed by atoms with E-state index in [2.05, 4.69) is 21.5 Å². The van der Waals surface area contributed by atoms with Crippen molar-refractivity contribution in [3.05, 3.63) is 44.0 Å². The standard InChI is InChI=1S/C24H36N6O9/c1-15(2)13-18(26-23(34)39-24(3,4)5)22(33)28-27-20(31)9-7-6-8-12-25-21(32)17-14-16(29(35)36)10-11-19(17)30(37)38/h10-11,14-15,18H,6-9,12-13H2,1-5H3,(H,25,32)(H,26,34)(H,27,31)(H,28,33)/t18-/m1/s1. The zero-order chi connectivity index (χ0) is 29.8. The Morgan fingerprint density at radius 2 is 1.64 bits per heavy atom. The van der Waals surface area contributed by atoms with Crippen LogP contribution in [0.5, 0.6) is 0 Å². The largest absolute Gasteiger partial charge is 0.444 e. The first-order valence-electron chi connectivity index (χ1n) is 12.4. The molecule has 1 atom stereocenters. The fraction of sp³-hybridized carbons (Fsp3) is 0.583. The third-order valence-electron chi connectivity index (χ3n) is 5.04. The summed E-state index contributed by atoms with van der Waals surface area (Å²) in [6.45, 7) is 8.97. The van der Waals surface area contributed by atoms with Gasteiger partial charge < -0.3 is 15.4 Å². The van der Waals surface area contributed by atoms with Gasteiger partial charge in [0, 0.05) is 31.2 Å². The lowest BCUT2D eigenvalue weighted by Crippen LogP contribution is -2.53. The Morgan fingerprint density at radius 1 is 0.974 bits per heavy atom. The van der Waals surface area contributed by atoms with Gasteiger partial charge in [0.05, 0.1) is 9.85 Å². The highest BCUT2D eigenvalue weighted by Crippen LogP contribution is 2.24. The number of hydrazine groups is 1. The maximum Gasteiger partial charge on any atom is 0.408 e. The van der Waals surface area contributed by atoms with Gasteiger partial charge in [0.15, 0.2) is 0 Å². The zero-order valence-corrected chi connectivity index (χ0v) is 22.7. The molecule has 1 aromatic carbocycles. The molecule has 4 amide bonds. The molecule has 0 unspecified atom stereocenters. The van der Waals surface area contributed by atoms with Gasteiger partial charge in [-0.05, 0) is 46.0 Å². The molecule has 0 aliphatic rings. The van der Waals surface area contributed by atoms with E-state index in [-0.39, 0.29) is 18.9 Å². The lowest BCUT2D eigenvalue weighted by atomic mass is 10.0. The SMILES string of the molecule is CC(C)C[C@@H](NC(=O)OC(C)(C)C)C(=O)NNC(=O)CCCCCNC(=O)c1cc([N+](=O)[O-])ccc1[N+](=O)[O-]. The molecule has 0 saturated heterocycles. The van der Waals surface area contributed by atoms with Crippen LogP contribution in [-0.2, 0) is 14.3 Å². The number of nitro benzene ring substituents is 2. The highest BCUT2D eigenvalue weighted by atomic mass is 16.6. The molecule has 0 spiro atoms. The number of ether oxygens (including phenoxy) is 1. The van der Waals surface area contributed by atoms with E-state index in [0.717, 1.165) is 18.2 Å². The number of amides is 4. The first-order valence-corrected chi connectivity index (χ1v) is 12.4. The van der Waals surface area contributed by atoms with Crippen molar-refractivity contribution in [3.8, 4) is 0 Å². The summed E-state index contributed by atoms with van der Waals surface area (Å²) in [4.78, 5) is 69.4. The fourth-order valence-corrected chi connectivity index (χ4v) is 3.30. The Balaban J connectivity index is 2.44. The molecule has 4 N–H and O–H groups in total. The Hall–Kier alpha value is -4.30. The van der Waals surface area contributed by atoms with E-state index in [0.29, 0.717) is 25.7 Å². The molecule has 0 bridgehead atoms. The molecule has 1 rings (SSSR count). The molecule has 15 heteroatoms. The number of hydrogen-bond acceptors (Lipinski definition) is 9. The van der Waals surface area contributed by atoms with Crippen molar-refractivity contribution in [1.82, 2.24) is 21.5 Å². The normalized spacial score (nSPS) is 11.7. The summed E-state index contributed by atoms with van der Waals surface area (Å²) in [6.07, 6.45) is 1.01. The minimum Gasteiger partial charge on any atom is -0.444 e. The average Bonchev–Trinajstić information content (AvgIpc) is 2.82. The van der Waals surface area contributed by atoms with E-state index in [1.165, 1.54) is 0 Å². The molecule has 15 nitrogen and oxygen atoms in total. The molecular weight excluding hydrogens is 516 g/mol. The van der Waals surface area contributed by atoms with Crippen LogP contribution in [0.4, 0.5) is 16.2 Å². The Labute approximate surface area is 225 Å². The number of alkyl carbamates (subject to hydrolysis) is 1. The second kappa shape index (κ2) is 15.2. The van der Waals surface area contributed by atoms with Crippen LogP contribution in [0.15, 0.2) is 18.2 Å². The van der Waals surface area contributed by atoms with Crippen molar-refractivity contribution in [1.29, 1.82) is 0 Å². The number of non-ortho nitro benzene ring substituents is 1. The molecule has 0 radical (unpaired) electrons. The smallest absolute Gasteiger partial charge is 0.408 e. The highest BCUT2D eigenvalue weighted by molar-refractivity contribution is 5.98.